The minimum absolute atomic E-state index is 0.488. The zero-order chi connectivity index (χ0) is 12.0. The van der Waals surface area contributed by atoms with Crippen molar-refractivity contribution in [2.75, 3.05) is 13.6 Å². The molecule has 0 aromatic carbocycles. The van der Waals surface area contributed by atoms with Gasteiger partial charge in [0, 0.05) is 18.7 Å². The molecule has 88 valence electrons. The van der Waals surface area contributed by atoms with E-state index < -0.39 is 5.97 Å². The summed E-state index contributed by atoms with van der Waals surface area (Å²) in [6.07, 6.45) is 2.41. The summed E-state index contributed by atoms with van der Waals surface area (Å²) >= 11 is 0. The van der Waals surface area contributed by atoms with Crippen LogP contribution < -0.4 is 0 Å². The minimum atomic E-state index is -0.864. The number of rotatable bonds is 6. The van der Waals surface area contributed by atoms with E-state index in [1.165, 1.54) is 6.08 Å². The number of carboxylic acids is 1. The van der Waals surface area contributed by atoms with Crippen molar-refractivity contribution in [3.8, 4) is 0 Å². The van der Waals surface area contributed by atoms with Crippen molar-refractivity contribution in [3.05, 3.63) is 11.6 Å². The maximum atomic E-state index is 10.4. The normalized spacial score (nSPS) is 14.7. The Morgan fingerprint density at radius 1 is 1.40 bits per heavy atom. The average Bonchev–Trinajstić information content (AvgIpc) is 2.00. The third kappa shape index (κ3) is 7.14. The summed E-state index contributed by atoms with van der Waals surface area (Å²) in [6, 6.07) is 0.488. The number of hydrogen-bond donors (Lipinski definition) is 1. The molecule has 0 amide bonds. The zero-order valence-corrected chi connectivity index (χ0v) is 10.4. The Kier molecular flexibility index (Phi) is 6.25. The SMILES string of the molecule is CC(=CC(=O)O)CN(C)C(C)CC(C)C. The number of likely N-dealkylation sites (N-methyl/N-ethyl adjacent to an activating group) is 1. The van der Waals surface area contributed by atoms with Gasteiger partial charge in [0.2, 0.25) is 0 Å². The molecular weight excluding hydrogens is 190 g/mol. The minimum Gasteiger partial charge on any atom is -0.478 e. The summed E-state index contributed by atoms with van der Waals surface area (Å²) in [5, 5.41) is 8.59. The summed E-state index contributed by atoms with van der Waals surface area (Å²) in [5.41, 5.74) is 0.889. The molecule has 0 radical (unpaired) electrons. The first-order chi connectivity index (χ1) is 6.82. The van der Waals surface area contributed by atoms with Gasteiger partial charge in [0.25, 0.3) is 0 Å². The second-order valence-corrected chi connectivity index (χ2v) is 4.72. The van der Waals surface area contributed by atoms with E-state index in [0.29, 0.717) is 12.0 Å². The van der Waals surface area contributed by atoms with Crippen LogP contribution in [0.3, 0.4) is 0 Å². The predicted molar refractivity (Wildman–Crippen MR) is 62.9 cm³/mol. The van der Waals surface area contributed by atoms with Crippen molar-refractivity contribution in [1.29, 1.82) is 0 Å². The Balaban J connectivity index is 4.12. The lowest BCUT2D eigenvalue weighted by Gasteiger charge is -2.26. The van der Waals surface area contributed by atoms with Crippen LogP contribution in [0.1, 0.15) is 34.1 Å². The third-order valence-corrected chi connectivity index (χ3v) is 2.43. The fraction of sp³-hybridized carbons (Fsp3) is 0.750. The molecule has 3 nitrogen and oxygen atoms in total. The maximum Gasteiger partial charge on any atom is 0.328 e. The zero-order valence-electron chi connectivity index (χ0n) is 10.4. The molecule has 0 aliphatic heterocycles. The topological polar surface area (TPSA) is 40.5 Å². The van der Waals surface area contributed by atoms with E-state index >= 15 is 0 Å². The largest absolute Gasteiger partial charge is 0.478 e. The van der Waals surface area contributed by atoms with E-state index in [4.69, 9.17) is 5.11 Å². The van der Waals surface area contributed by atoms with Gasteiger partial charge >= 0.3 is 5.97 Å². The highest BCUT2D eigenvalue weighted by Crippen LogP contribution is 2.10. The Bertz CT molecular complexity index is 234. The van der Waals surface area contributed by atoms with Gasteiger partial charge in [-0.2, -0.15) is 0 Å². The average molecular weight is 213 g/mol. The van der Waals surface area contributed by atoms with Crippen molar-refractivity contribution in [2.45, 2.75) is 40.2 Å². The summed E-state index contributed by atoms with van der Waals surface area (Å²) in [5.74, 6) is -0.191. The van der Waals surface area contributed by atoms with Crippen LogP contribution in [0.25, 0.3) is 0 Å². The first kappa shape index (κ1) is 14.2. The van der Waals surface area contributed by atoms with E-state index in [0.717, 1.165) is 18.5 Å². The van der Waals surface area contributed by atoms with Crippen molar-refractivity contribution in [2.24, 2.45) is 5.92 Å². The molecule has 0 aromatic heterocycles. The molecule has 15 heavy (non-hydrogen) atoms. The standard InChI is InChI=1S/C12H23NO2/c1-9(2)6-11(4)13(5)8-10(3)7-12(14)15/h7,9,11H,6,8H2,1-5H3,(H,14,15). The monoisotopic (exact) mass is 213 g/mol. The number of aliphatic carboxylic acids is 1. The third-order valence-electron chi connectivity index (χ3n) is 2.43. The first-order valence-electron chi connectivity index (χ1n) is 5.43. The maximum absolute atomic E-state index is 10.4. The van der Waals surface area contributed by atoms with E-state index in [1.54, 1.807) is 0 Å². The van der Waals surface area contributed by atoms with Crippen molar-refractivity contribution in [1.82, 2.24) is 4.90 Å². The lowest BCUT2D eigenvalue weighted by molar-refractivity contribution is -0.131. The van der Waals surface area contributed by atoms with Crippen LogP contribution in [0.5, 0.6) is 0 Å². The molecule has 0 bridgehead atoms. The molecule has 1 atom stereocenters. The quantitative estimate of drug-likeness (QED) is 0.689. The van der Waals surface area contributed by atoms with Crippen LogP contribution in [-0.2, 0) is 4.79 Å². The summed E-state index contributed by atoms with van der Waals surface area (Å²) in [4.78, 5) is 12.6. The second kappa shape index (κ2) is 6.62. The molecule has 0 saturated carbocycles. The highest BCUT2D eigenvalue weighted by Gasteiger charge is 2.11. The molecule has 0 saturated heterocycles. The van der Waals surface area contributed by atoms with Crippen molar-refractivity contribution >= 4 is 5.97 Å². The molecule has 1 unspecified atom stereocenters. The van der Waals surface area contributed by atoms with E-state index in [1.807, 2.05) is 14.0 Å². The van der Waals surface area contributed by atoms with E-state index in [9.17, 15) is 4.79 Å². The first-order valence-corrected chi connectivity index (χ1v) is 5.43. The van der Waals surface area contributed by atoms with Crippen LogP contribution in [0.2, 0.25) is 0 Å². The predicted octanol–water partition coefficient (Wildman–Crippen LogP) is 2.38. The molecule has 0 heterocycles. The van der Waals surface area contributed by atoms with Gasteiger partial charge < -0.3 is 5.11 Å². The number of carbonyl (C=O) groups is 1. The van der Waals surface area contributed by atoms with Gasteiger partial charge in [-0.25, -0.2) is 4.79 Å². The highest BCUT2D eigenvalue weighted by atomic mass is 16.4. The van der Waals surface area contributed by atoms with Crippen LogP contribution in [-0.4, -0.2) is 35.6 Å². The molecule has 0 spiro atoms. The van der Waals surface area contributed by atoms with E-state index in [-0.39, 0.29) is 0 Å². The molecule has 0 rings (SSSR count). The molecule has 3 heteroatoms. The number of carboxylic acid groups (broad SMARTS) is 1. The Morgan fingerprint density at radius 3 is 2.33 bits per heavy atom. The fourth-order valence-electron chi connectivity index (χ4n) is 1.67. The Hall–Kier alpha value is -0.830. The Labute approximate surface area is 92.8 Å². The number of nitrogens with zero attached hydrogens (tertiary/aromatic N) is 1. The van der Waals surface area contributed by atoms with E-state index in [2.05, 4.69) is 25.7 Å². The van der Waals surface area contributed by atoms with Gasteiger partial charge in [0.05, 0.1) is 0 Å². The Morgan fingerprint density at radius 2 is 1.93 bits per heavy atom. The number of hydrogen-bond acceptors (Lipinski definition) is 2. The summed E-state index contributed by atoms with van der Waals surface area (Å²) in [7, 11) is 2.03. The second-order valence-electron chi connectivity index (χ2n) is 4.72. The van der Waals surface area contributed by atoms with Gasteiger partial charge in [-0.05, 0) is 33.2 Å². The van der Waals surface area contributed by atoms with Crippen LogP contribution in [0, 0.1) is 5.92 Å². The smallest absolute Gasteiger partial charge is 0.328 e. The molecule has 1 N–H and O–H groups in total. The molecule has 0 aliphatic carbocycles. The van der Waals surface area contributed by atoms with Crippen LogP contribution in [0.4, 0.5) is 0 Å². The lowest BCUT2D eigenvalue weighted by Crippen LogP contribution is -2.31. The fourth-order valence-corrected chi connectivity index (χ4v) is 1.67. The van der Waals surface area contributed by atoms with Crippen LogP contribution in [0.15, 0.2) is 11.6 Å². The molecule has 0 aliphatic rings. The van der Waals surface area contributed by atoms with Gasteiger partial charge in [-0.3, -0.25) is 4.90 Å². The van der Waals surface area contributed by atoms with Crippen molar-refractivity contribution in [3.63, 3.8) is 0 Å². The molecular formula is C12H23NO2. The highest BCUT2D eigenvalue weighted by molar-refractivity contribution is 5.80. The van der Waals surface area contributed by atoms with Gasteiger partial charge in [0.15, 0.2) is 0 Å². The molecule has 0 fully saturated rings. The van der Waals surface area contributed by atoms with Gasteiger partial charge in [-0.15, -0.1) is 0 Å². The van der Waals surface area contributed by atoms with Gasteiger partial charge in [-0.1, -0.05) is 19.4 Å². The van der Waals surface area contributed by atoms with Gasteiger partial charge in [0.1, 0.15) is 0 Å². The molecule has 0 aromatic rings. The lowest BCUT2D eigenvalue weighted by atomic mass is 10.0. The van der Waals surface area contributed by atoms with Crippen molar-refractivity contribution < 1.29 is 9.90 Å². The summed E-state index contributed by atoms with van der Waals surface area (Å²) in [6.45, 7) is 9.15. The summed E-state index contributed by atoms with van der Waals surface area (Å²) < 4.78 is 0. The van der Waals surface area contributed by atoms with Crippen LogP contribution >= 0.6 is 0 Å².